The van der Waals surface area contributed by atoms with Crippen molar-refractivity contribution in [1.29, 1.82) is 0 Å². The monoisotopic (exact) mass is 281 g/mol. The third kappa shape index (κ3) is 2.47. The van der Waals surface area contributed by atoms with Gasteiger partial charge in [0.15, 0.2) is 5.03 Å². The Kier molecular flexibility index (Phi) is 3.22. The Bertz CT molecular complexity index is 573. The second kappa shape index (κ2) is 4.76. The van der Waals surface area contributed by atoms with Crippen molar-refractivity contribution in [2.75, 3.05) is 12.3 Å². The summed E-state index contributed by atoms with van der Waals surface area (Å²) in [5.41, 5.74) is 5.87. The van der Waals surface area contributed by atoms with Crippen LogP contribution in [0.3, 0.4) is 0 Å². The van der Waals surface area contributed by atoms with Gasteiger partial charge in [0.25, 0.3) is 10.0 Å². The number of sulfonamides is 1. The minimum Gasteiger partial charge on any atom is -0.396 e. The number of aromatic nitrogens is 1. The summed E-state index contributed by atoms with van der Waals surface area (Å²) in [7, 11) is -3.58. The summed E-state index contributed by atoms with van der Waals surface area (Å²) in [6, 6.07) is 3.18. The lowest BCUT2D eigenvalue weighted by molar-refractivity contribution is 0.332. The molecule has 1 aromatic rings. The fourth-order valence-electron chi connectivity index (χ4n) is 3.54. The summed E-state index contributed by atoms with van der Waals surface area (Å²) in [4.78, 5) is 3.87. The Hall–Kier alpha value is -1.14. The average molecular weight is 281 g/mol. The van der Waals surface area contributed by atoms with Crippen LogP contribution >= 0.6 is 0 Å². The van der Waals surface area contributed by atoms with E-state index in [2.05, 4.69) is 9.71 Å². The molecule has 2 aliphatic carbocycles. The van der Waals surface area contributed by atoms with Crippen molar-refractivity contribution in [2.45, 2.75) is 30.7 Å². The van der Waals surface area contributed by atoms with E-state index in [9.17, 15) is 8.42 Å². The van der Waals surface area contributed by atoms with Gasteiger partial charge in [-0.05, 0) is 49.1 Å². The van der Waals surface area contributed by atoms with E-state index in [0.29, 0.717) is 18.4 Å². The van der Waals surface area contributed by atoms with Gasteiger partial charge in [-0.15, -0.1) is 0 Å². The smallest absolute Gasteiger partial charge is 0.260 e. The molecule has 3 atom stereocenters. The Labute approximate surface area is 113 Å². The molecule has 3 rings (SSSR count). The average Bonchev–Trinajstić information content (AvgIpc) is 2.99. The van der Waals surface area contributed by atoms with Gasteiger partial charge >= 0.3 is 0 Å². The topological polar surface area (TPSA) is 85.1 Å². The predicted molar refractivity (Wildman–Crippen MR) is 72.8 cm³/mol. The van der Waals surface area contributed by atoms with Crippen molar-refractivity contribution >= 4 is 15.7 Å². The van der Waals surface area contributed by atoms with Gasteiger partial charge in [0.1, 0.15) is 0 Å². The zero-order chi connectivity index (χ0) is 13.5. The molecular formula is C13H19N3O2S. The zero-order valence-electron chi connectivity index (χ0n) is 10.7. The number of nitrogens with one attached hydrogen (secondary N) is 1. The second-order valence-corrected chi connectivity index (χ2v) is 7.37. The van der Waals surface area contributed by atoms with E-state index in [1.165, 1.54) is 25.5 Å². The van der Waals surface area contributed by atoms with Gasteiger partial charge < -0.3 is 5.73 Å². The highest BCUT2D eigenvalue weighted by Crippen LogP contribution is 2.48. The third-order valence-corrected chi connectivity index (χ3v) is 5.87. The van der Waals surface area contributed by atoms with Gasteiger partial charge in [-0.2, -0.15) is 0 Å². The highest BCUT2D eigenvalue weighted by Gasteiger charge is 2.39. The van der Waals surface area contributed by atoms with E-state index >= 15 is 0 Å². The maximum Gasteiger partial charge on any atom is 0.260 e. The standard InChI is InChI=1S/C13H19N3O2S/c14-12-2-1-5-15-13(12)19(17,18)16-8-11-7-9-3-4-10(11)6-9/h1-2,5,9-11,16H,3-4,6-8,14H2. The lowest BCUT2D eigenvalue weighted by Gasteiger charge is -2.21. The molecule has 2 bridgehead atoms. The van der Waals surface area contributed by atoms with E-state index in [-0.39, 0.29) is 10.7 Å². The number of hydrogen-bond acceptors (Lipinski definition) is 4. The molecule has 0 radical (unpaired) electrons. The molecule has 0 saturated heterocycles. The minimum atomic E-state index is -3.58. The van der Waals surface area contributed by atoms with Crippen LogP contribution in [0.25, 0.3) is 0 Å². The van der Waals surface area contributed by atoms with Crippen molar-refractivity contribution in [2.24, 2.45) is 17.8 Å². The second-order valence-electron chi connectivity index (χ2n) is 5.68. The van der Waals surface area contributed by atoms with Crippen LogP contribution in [0, 0.1) is 17.8 Å². The van der Waals surface area contributed by atoms with Crippen LogP contribution in [0.15, 0.2) is 23.4 Å². The largest absolute Gasteiger partial charge is 0.396 e. The van der Waals surface area contributed by atoms with Gasteiger partial charge in [0, 0.05) is 12.7 Å². The number of pyridine rings is 1. The fraction of sp³-hybridized carbons (Fsp3) is 0.615. The Morgan fingerprint density at radius 1 is 1.37 bits per heavy atom. The Morgan fingerprint density at radius 2 is 2.21 bits per heavy atom. The summed E-state index contributed by atoms with van der Waals surface area (Å²) >= 11 is 0. The van der Waals surface area contributed by atoms with Crippen molar-refractivity contribution in [3.8, 4) is 0 Å². The van der Waals surface area contributed by atoms with E-state index in [4.69, 9.17) is 5.73 Å². The van der Waals surface area contributed by atoms with Crippen LogP contribution in [-0.4, -0.2) is 19.9 Å². The number of anilines is 1. The van der Waals surface area contributed by atoms with E-state index in [1.807, 2.05) is 0 Å². The van der Waals surface area contributed by atoms with Crippen molar-refractivity contribution < 1.29 is 8.42 Å². The van der Waals surface area contributed by atoms with Crippen LogP contribution in [0.2, 0.25) is 0 Å². The number of nitrogens with two attached hydrogens (primary N) is 1. The van der Waals surface area contributed by atoms with Crippen LogP contribution in [-0.2, 0) is 10.0 Å². The lowest BCUT2D eigenvalue weighted by Crippen LogP contribution is -2.32. The van der Waals surface area contributed by atoms with Crippen LogP contribution in [0.5, 0.6) is 0 Å². The number of nitrogens with zero attached hydrogens (tertiary/aromatic N) is 1. The molecule has 3 unspecified atom stereocenters. The maximum absolute atomic E-state index is 12.2. The molecule has 2 fully saturated rings. The molecular weight excluding hydrogens is 262 g/mol. The normalized spacial score (nSPS) is 29.8. The minimum absolute atomic E-state index is 0.0573. The van der Waals surface area contributed by atoms with Gasteiger partial charge in [-0.1, -0.05) is 6.42 Å². The molecule has 0 aromatic carbocycles. The predicted octanol–water partition coefficient (Wildman–Crippen LogP) is 1.38. The number of nitrogen functional groups attached to an aromatic ring is 1. The summed E-state index contributed by atoms with van der Waals surface area (Å²) in [5, 5.41) is -0.0573. The molecule has 0 amide bonds. The van der Waals surface area contributed by atoms with E-state index in [1.54, 1.807) is 12.1 Å². The highest BCUT2D eigenvalue weighted by atomic mass is 32.2. The molecule has 0 spiro atoms. The molecule has 19 heavy (non-hydrogen) atoms. The molecule has 6 heteroatoms. The zero-order valence-corrected chi connectivity index (χ0v) is 11.6. The third-order valence-electron chi connectivity index (χ3n) is 4.48. The summed E-state index contributed by atoms with van der Waals surface area (Å²) in [6.07, 6.45) is 6.45. The van der Waals surface area contributed by atoms with Crippen LogP contribution < -0.4 is 10.5 Å². The maximum atomic E-state index is 12.2. The first kappa shape index (κ1) is 12.9. The molecule has 1 aromatic heterocycles. The highest BCUT2D eigenvalue weighted by molar-refractivity contribution is 7.89. The Morgan fingerprint density at radius 3 is 2.84 bits per heavy atom. The van der Waals surface area contributed by atoms with E-state index < -0.39 is 10.0 Å². The summed E-state index contributed by atoms with van der Waals surface area (Å²) in [5.74, 6) is 2.01. The molecule has 3 N–H and O–H groups in total. The first-order valence-corrected chi connectivity index (χ1v) is 8.25. The van der Waals surface area contributed by atoms with Crippen molar-refractivity contribution in [3.63, 3.8) is 0 Å². The Balaban J connectivity index is 1.68. The molecule has 2 saturated carbocycles. The van der Waals surface area contributed by atoms with Crippen molar-refractivity contribution in [3.05, 3.63) is 18.3 Å². The molecule has 5 nitrogen and oxygen atoms in total. The lowest BCUT2D eigenvalue weighted by atomic mass is 9.89. The number of rotatable bonds is 4. The molecule has 2 aliphatic rings. The molecule has 1 heterocycles. The summed E-state index contributed by atoms with van der Waals surface area (Å²) in [6.45, 7) is 0.513. The molecule has 104 valence electrons. The van der Waals surface area contributed by atoms with Crippen LogP contribution in [0.4, 0.5) is 5.69 Å². The number of hydrogen-bond donors (Lipinski definition) is 2. The van der Waals surface area contributed by atoms with Gasteiger partial charge in [0.2, 0.25) is 0 Å². The quantitative estimate of drug-likeness (QED) is 0.873. The first-order chi connectivity index (χ1) is 9.06. The van der Waals surface area contributed by atoms with Gasteiger partial charge in [-0.25, -0.2) is 18.1 Å². The number of fused-ring (bicyclic) bond motifs is 2. The first-order valence-electron chi connectivity index (χ1n) is 6.76. The summed E-state index contributed by atoms with van der Waals surface area (Å²) < 4.78 is 27.0. The SMILES string of the molecule is Nc1cccnc1S(=O)(=O)NCC1CC2CCC1C2. The molecule has 0 aliphatic heterocycles. The van der Waals surface area contributed by atoms with Gasteiger partial charge in [-0.3, -0.25) is 0 Å². The van der Waals surface area contributed by atoms with E-state index in [0.717, 1.165) is 12.3 Å². The fourth-order valence-corrected chi connectivity index (χ4v) is 4.69. The van der Waals surface area contributed by atoms with Crippen molar-refractivity contribution in [1.82, 2.24) is 9.71 Å². The van der Waals surface area contributed by atoms with Gasteiger partial charge in [0.05, 0.1) is 5.69 Å². The van der Waals surface area contributed by atoms with Crippen LogP contribution in [0.1, 0.15) is 25.7 Å².